The van der Waals surface area contributed by atoms with E-state index < -0.39 is 10.0 Å². The normalized spacial score (nSPS) is 19.0. The van der Waals surface area contributed by atoms with Crippen molar-refractivity contribution in [3.63, 3.8) is 0 Å². The molecule has 0 aliphatic carbocycles. The topological polar surface area (TPSA) is 123 Å². The molecular formula is C22H29N7O4S. The molecule has 1 amide bonds. The fraction of sp³-hybridized carbons (Fsp3) is 0.455. The number of nitrogens with one attached hydrogen (secondary N) is 1. The van der Waals surface area contributed by atoms with Crippen LogP contribution in [0.5, 0.6) is 0 Å². The average molecular weight is 488 g/mol. The van der Waals surface area contributed by atoms with Crippen molar-refractivity contribution < 1.29 is 17.9 Å². The molecule has 0 radical (unpaired) electrons. The highest BCUT2D eigenvalue weighted by Gasteiger charge is 2.25. The molecule has 0 bridgehead atoms. The molecule has 0 unspecified atom stereocenters. The Bertz CT molecular complexity index is 1260. The van der Waals surface area contributed by atoms with Gasteiger partial charge in [0.05, 0.1) is 35.2 Å². The van der Waals surface area contributed by atoms with Crippen molar-refractivity contribution in [1.82, 2.24) is 29.4 Å². The van der Waals surface area contributed by atoms with E-state index in [1.54, 1.807) is 10.9 Å². The molecule has 1 saturated heterocycles. The summed E-state index contributed by atoms with van der Waals surface area (Å²) in [6.07, 6.45) is 3.50. The van der Waals surface area contributed by atoms with Gasteiger partial charge in [-0.1, -0.05) is 0 Å². The number of sulfonamides is 1. The molecule has 1 N–H and O–H groups in total. The third-order valence-electron chi connectivity index (χ3n) is 5.64. The van der Waals surface area contributed by atoms with Crippen molar-refractivity contribution >= 4 is 32.8 Å². The third kappa shape index (κ3) is 4.88. The lowest BCUT2D eigenvalue weighted by Gasteiger charge is -2.36. The van der Waals surface area contributed by atoms with Crippen LogP contribution < -0.4 is 10.2 Å². The lowest BCUT2D eigenvalue weighted by atomic mass is 10.2. The van der Waals surface area contributed by atoms with Gasteiger partial charge in [0.15, 0.2) is 5.65 Å². The van der Waals surface area contributed by atoms with Crippen LogP contribution in [0.1, 0.15) is 24.2 Å². The number of aromatic nitrogens is 4. The first-order valence-electron chi connectivity index (χ1n) is 11.0. The Labute approximate surface area is 198 Å². The SMILES string of the molecule is C[C@@H]1CN(c2ncnc3c2cnn3CCNC(=O)c2ccc(S(=O)(=O)N(C)C)cc2)C[C@H](C)O1. The van der Waals surface area contributed by atoms with Crippen molar-refractivity contribution in [1.29, 1.82) is 0 Å². The van der Waals surface area contributed by atoms with Gasteiger partial charge in [-0.25, -0.2) is 27.4 Å². The van der Waals surface area contributed by atoms with Crippen LogP contribution in [-0.4, -0.2) is 84.3 Å². The predicted octanol–water partition coefficient (Wildman–Crippen LogP) is 1.12. The number of benzene rings is 1. The molecular weight excluding hydrogens is 458 g/mol. The second-order valence-corrected chi connectivity index (χ2v) is 10.7. The maximum absolute atomic E-state index is 12.5. The number of rotatable bonds is 7. The number of hydrogen-bond donors (Lipinski definition) is 1. The smallest absolute Gasteiger partial charge is 0.251 e. The molecule has 34 heavy (non-hydrogen) atoms. The molecule has 1 aliphatic heterocycles. The van der Waals surface area contributed by atoms with E-state index in [0.717, 1.165) is 28.6 Å². The minimum absolute atomic E-state index is 0.107. The molecule has 0 saturated carbocycles. The Kier molecular flexibility index (Phi) is 6.82. The number of nitrogens with zero attached hydrogens (tertiary/aromatic N) is 6. The van der Waals surface area contributed by atoms with Gasteiger partial charge in [0.1, 0.15) is 12.1 Å². The van der Waals surface area contributed by atoms with E-state index in [4.69, 9.17) is 4.74 Å². The first kappa shape index (κ1) is 24.0. The zero-order chi connectivity index (χ0) is 24.5. The lowest BCUT2D eigenvalue weighted by molar-refractivity contribution is -0.00537. The van der Waals surface area contributed by atoms with Crippen LogP contribution in [0.4, 0.5) is 5.82 Å². The van der Waals surface area contributed by atoms with Crippen LogP contribution in [-0.2, 0) is 21.3 Å². The predicted molar refractivity (Wildman–Crippen MR) is 127 cm³/mol. The summed E-state index contributed by atoms with van der Waals surface area (Å²) in [6.45, 7) is 6.33. The Balaban J connectivity index is 1.41. The summed E-state index contributed by atoms with van der Waals surface area (Å²) in [4.78, 5) is 23.7. The first-order valence-corrected chi connectivity index (χ1v) is 12.5. The van der Waals surface area contributed by atoms with E-state index >= 15 is 0 Å². The number of ether oxygens (including phenoxy) is 1. The fourth-order valence-corrected chi connectivity index (χ4v) is 4.92. The van der Waals surface area contributed by atoms with E-state index in [1.807, 2.05) is 13.8 Å². The summed E-state index contributed by atoms with van der Waals surface area (Å²) >= 11 is 0. The number of carbonyl (C=O) groups is 1. The molecule has 1 aliphatic rings. The molecule has 11 nitrogen and oxygen atoms in total. The largest absolute Gasteiger partial charge is 0.372 e. The maximum Gasteiger partial charge on any atom is 0.251 e. The van der Waals surface area contributed by atoms with E-state index in [2.05, 4.69) is 25.3 Å². The standard InChI is InChI=1S/C22H29N7O4S/c1-15-12-28(13-16(2)33-15)20-19-11-26-29(21(19)25-14-24-20)10-9-23-22(30)17-5-7-18(8-6-17)34(31,32)27(3)4/h5-8,11,14-16H,9-10,12-13H2,1-4H3,(H,23,30)/t15-,16+. The van der Waals surface area contributed by atoms with Gasteiger partial charge < -0.3 is 15.0 Å². The molecule has 4 rings (SSSR count). The minimum Gasteiger partial charge on any atom is -0.372 e. The van der Waals surface area contributed by atoms with Crippen LogP contribution >= 0.6 is 0 Å². The van der Waals surface area contributed by atoms with Gasteiger partial charge in [-0.05, 0) is 38.1 Å². The van der Waals surface area contributed by atoms with Crippen molar-refractivity contribution in [3.05, 3.63) is 42.4 Å². The zero-order valence-corrected chi connectivity index (χ0v) is 20.5. The molecule has 3 heterocycles. The van der Waals surface area contributed by atoms with Gasteiger partial charge in [0, 0.05) is 39.3 Å². The van der Waals surface area contributed by atoms with E-state index in [0.29, 0.717) is 24.3 Å². The summed E-state index contributed by atoms with van der Waals surface area (Å²) in [5.74, 6) is 0.534. The van der Waals surface area contributed by atoms with E-state index in [9.17, 15) is 13.2 Å². The van der Waals surface area contributed by atoms with Crippen molar-refractivity contribution in [2.45, 2.75) is 37.5 Å². The number of amides is 1. The Hall–Kier alpha value is -3.09. The molecule has 12 heteroatoms. The highest BCUT2D eigenvalue weighted by molar-refractivity contribution is 7.89. The second kappa shape index (κ2) is 9.65. The first-order chi connectivity index (χ1) is 16.2. The fourth-order valence-electron chi connectivity index (χ4n) is 4.01. The summed E-state index contributed by atoms with van der Waals surface area (Å²) < 4.78 is 33.0. The molecule has 182 valence electrons. The van der Waals surface area contributed by atoms with E-state index in [1.165, 1.54) is 44.7 Å². The van der Waals surface area contributed by atoms with Gasteiger partial charge >= 0.3 is 0 Å². The van der Waals surface area contributed by atoms with Crippen LogP contribution in [0.3, 0.4) is 0 Å². The highest BCUT2D eigenvalue weighted by Crippen LogP contribution is 2.25. The second-order valence-electron chi connectivity index (χ2n) is 8.53. The molecule has 1 aromatic carbocycles. The third-order valence-corrected chi connectivity index (χ3v) is 7.47. The average Bonchev–Trinajstić information content (AvgIpc) is 3.21. The molecule has 0 spiro atoms. The van der Waals surface area contributed by atoms with Crippen LogP contribution in [0.15, 0.2) is 41.7 Å². The minimum atomic E-state index is -3.54. The summed E-state index contributed by atoms with van der Waals surface area (Å²) in [7, 11) is -0.611. The summed E-state index contributed by atoms with van der Waals surface area (Å²) in [5, 5.41) is 8.14. The van der Waals surface area contributed by atoms with Gasteiger partial charge in [0.2, 0.25) is 10.0 Å². The van der Waals surface area contributed by atoms with Crippen molar-refractivity contribution in [3.8, 4) is 0 Å². The highest BCUT2D eigenvalue weighted by atomic mass is 32.2. The molecule has 2 atom stereocenters. The Morgan fingerprint density at radius 1 is 1.15 bits per heavy atom. The van der Waals surface area contributed by atoms with E-state index in [-0.39, 0.29) is 23.0 Å². The quantitative estimate of drug-likeness (QED) is 0.526. The number of fused-ring (bicyclic) bond motifs is 1. The Morgan fingerprint density at radius 3 is 2.47 bits per heavy atom. The monoisotopic (exact) mass is 487 g/mol. The lowest BCUT2D eigenvalue weighted by Crippen LogP contribution is -2.45. The number of morpholine rings is 1. The number of carbonyl (C=O) groups excluding carboxylic acids is 1. The van der Waals surface area contributed by atoms with Crippen molar-refractivity contribution in [2.24, 2.45) is 0 Å². The maximum atomic E-state index is 12.5. The molecule has 2 aromatic heterocycles. The van der Waals surface area contributed by atoms with Gasteiger partial charge in [-0.15, -0.1) is 0 Å². The molecule has 1 fully saturated rings. The number of anilines is 1. The van der Waals surface area contributed by atoms with Crippen molar-refractivity contribution in [2.75, 3.05) is 38.6 Å². The van der Waals surface area contributed by atoms with Gasteiger partial charge in [0.25, 0.3) is 5.91 Å². The summed E-state index contributed by atoms with van der Waals surface area (Å²) in [5.41, 5.74) is 1.08. The van der Waals surface area contributed by atoms with Crippen LogP contribution in [0, 0.1) is 0 Å². The number of hydrogen-bond acceptors (Lipinski definition) is 8. The molecule has 3 aromatic rings. The Morgan fingerprint density at radius 2 is 1.82 bits per heavy atom. The van der Waals surface area contributed by atoms with Gasteiger partial charge in [-0.2, -0.15) is 5.10 Å². The zero-order valence-electron chi connectivity index (χ0n) is 19.7. The van der Waals surface area contributed by atoms with Crippen LogP contribution in [0.2, 0.25) is 0 Å². The summed E-state index contributed by atoms with van der Waals surface area (Å²) in [6, 6.07) is 5.85. The van der Waals surface area contributed by atoms with Crippen LogP contribution in [0.25, 0.3) is 11.0 Å². The van der Waals surface area contributed by atoms with Gasteiger partial charge in [-0.3, -0.25) is 4.79 Å².